The fourth-order valence-corrected chi connectivity index (χ4v) is 3.79. The third-order valence-electron chi connectivity index (χ3n) is 2.80. The van der Waals surface area contributed by atoms with Crippen LogP contribution in [0.4, 0.5) is 0 Å². The molecule has 1 rings (SSSR count). The normalized spacial score (nSPS) is 10.7. The van der Waals surface area contributed by atoms with Crippen LogP contribution in [-0.2, 0) is 11.5 Å². The molecule has 0 unspecified atom stereocenters. The van der Waals surface area contributed by atoms with E-state index in [0.717, 1.165) is 17.3 Å². The van der Waals surface area contributed by atoms with Crippen LogP contribution in [0.15, 0.2) is 12.1 Å². The summed E-state index contributed by atoms with van der Waals surface area (Å²) in [6.45, 7) is 6.64. The summed E-state index contributed by atoms with van der Waals surface area (Å²) in [4.78, 5) is 0. The Balaban J connectivity index is 2.83. The molecular formula is C16H26OS2. The minimum absolute atomic E-state index is 1.06. The smallest absolute Gasteiger partial charge is 0.126 e. The quantitative estimate of drug-likeness (QED) is 0.573. The highest BCUT2D eigenvalue weighted by Crippen LogP contribution is 2.31. The zero-order valence-electron chi connectivity index (χ0n) is 12.6. The van der Waals surface area contributed by atoms with Crippen LogP contribution in [0.2, 0.25) is 0 Å². The molecule has 0 amide bonds. The van der Waals surface area contributed by atoms with Gasteiger partial charge in [-0.3, -0.25) is 0 Å². The van der Waals surface area contributed by atoms with Crippen molar-refractivity contribution in [2.45, 2.75) is 45.1 Å². The number of thioether (sulfide) groups is 2. The minimum Gasteiger partial charge on any atom is -0.496 e. The first-order valence-electron chi connectivity index (χ1n) is 7.04. The van der Waals surface area contributed by atoms with E-state index in [0.29, 0.717) is 0 Å². The van der Waals surface area contributed by atoms with Crippen LogP contribution in [-0.4, -0.2) is 18.6 Å². The Kier molecular flexibility index (Phi) is 8.47. The zero-order valence-corrected chi connectivity index (χ0v) is 14.3. The molecule has 1 nitrogen and oxygen atoms in total. The molecular weight excluding hydrogens is 272 g/mol. The molecule has 0 radical (unpaired) electrons. The molecule has 0 atom stereocenters. The van der Waals surface area contributed by atoms with Crippen LogP contribution in [0, 0.1) is 6.92 Å². The van der Waals surface area contributed by atoms with Gasteiger partial charge >= 0.3 is 0 Å². The topological polar surface area (TPSA) is 9.23 Å². The standard InChI is InChI=1S/C16H26OS2/c1-5-7-18-11-14-9-13(3)10-15(16(14)17-4)12-19-8-6-2/h9-10H,5-8,11-12H2,1-4H3. The van der Waals surface area contributed by atoms with E-state index in [-0.39, 0.29) is 0 Å². The van der Waals surface area contributed by atoms with E-state index in [1.165, 1.54) is 41.0 Å². The maximum atomic E-state index is 5.67. The SMILES string of the molecule is CCCSCc1cc(C)cc(CSCCC)c1OC. The molecule has 0 aromatic heterocycles. The molecule has 0 N–H and O–H groups in total. The average Bonchev–Trinajstić information content (AvgIpc) is 2.39. The summed E-state index contributed by atoms with van der Waals surface area (Å²) in [7, 11) is 1.80. The molecule has 19 heavy (non-hydrogen) atoms. The molecule has 3 heteroatoms. The molecule has 1 aromatic carbocycles. The third-order valence-corrected chi connectivity index (χ3v) is 5.23. The summed E-state index contributed by atoms with van der Waals surface area (Å²) in [6.07, 6.45) is 2.47. The van der Waals surface area contributed by atoms with Crippen molar-refractivity contribution in [3.8, 4) is 5.75 Å². The zero-order chi connectivity index (χ0) is 14.1. The fourth-order valence-electron chi connectivity index (χ4n) is 2.06. The molecule has 108 valence electrons. The number of methoxy groups -OCH3 is 1. The van der Waals surface area contributed by atoms with Crippen LogP contribution in [0.3, 0.4) is 0 Å². The average molecular weight is 299 g/mol. The van der Waals surface area contributed by atoms with E-state index < -0.39 is 0 Å². The van der Waals surface area contributed by atoms with Gasteiger partial charge in [-0.25, -0.2) is 0 Å². The van der Waals surface area contributed by atoms with Gasteiger partial charge < -0.3 is 4.74 Å². The van der Waals surface area contributed by atoms with E-state index in [2.05, 4.69) is 32.9 Å². The summed E-state index contributed by atoms with van der Waals surface area (Å²) in [6, 6.07) is 4.55. The molecule has 0 saturated carbocycles. The van der Waals surface area contributed by atoms with Crippen LogP contribution in [0.1, 0.15) is 43.4 Å². The first-order chi connectivity index (χ1) is 9.22. The molecule has 0 saturated heterocycles. The summed E-state index contributed by atoms with van der Waals surface area (Å²) < 4.78 is 5.67. The van der Waals surface area contributed by atoms with Crippen molar-refractivity contribution in [3.05, 3.63) is 28.8 Å². The number of hydrogen-bond donors (Lipinski definition) is 0. The second-order valence-corrected chi connectivity index (χ2v) is 6.93. The summed E-state index contributed by atoms with van der Waals surface area (Å²) in [5.74, 6) is 5.67. The van der Waals surface area contributed by atoms with Crippen LogP contribution in [0.5, 0.6) is 5.75 Å². The van der Waals surface area contributed by atoms with Gasteiger partial charge in [0.25, 0.3) is 0 Å². The predicted molar refractivity (Wildman–Crippen MR) is 90.6 cm³/mol. The van der Waals surface area contributed by atoms with Crippen LogP contribution < -0.4 is 4.74 Å². The lowest BCUT2D eigenvalue weighted by molar-refractivity contribution is 0.408. The molecule has 0 aliphatic heterocycles. The van der Waals surface area contributed by atoms with E-state index in [4.69, 9.17) is 4.74 Å². The van der Waals surface area contributed by atoms with Crippen molar-refractivity contribution in [1.29, 1.82) is 0 Å². The second kappa shape index (κ2) is 9.60. The number of ether oxygens (including phenoxy) is 1. The van der Waals surface area contributed by atoms with Gasteiger partial charge in [-0.05, 0) is 31.3 Å². The van der Waals surface area contributed by atoms with E-state index in [1.807, 2.05) is 23.5 Å². The Labute approximate surface area is 126 Å². The number of hydrogen-bond acceptors (Lipinski definition) is 3. The van der Waals surface area contributed by atoms with E-state index >= 15 is 0 Å². The lowest BCUT2D eigenvalue weighted by Crippen LogP contribution is -1.98. The maximum absolute atomic E-state index is 5.67. The van der Waals surface area contributed by atoms with Crippen molar-refractivity contribution in [1.82, 2.24) is 0 Å². The van der Waals surface area contributed by atoms with Crippen molar-refractivity contribution >= 4 is 23.5 Å². The van der Waals surface area contributed by atoms with Gasteiger partial charge in [-0.2, -0.15) is 23.5 Å². The van der Waals surface area contributed by atoms with Gasteiger partial charge in [0.2, 0.25) is 0 Å². The van der Waals surface area contributed by atoms with Crippen LogP contribution >= 0.6 is 23.5 Å². The Morgan fingerprint density at radius 1 is 0.947 bits per heavy atom. The van der Waals surface area contributed by atoms with Crippen molar-refractivity contribution < 1.29 is 4.74 Å². The Morgan fingerprint density at radius 2 is 1.42 bits per heavy atom. The highest BCUT2D eigenvalue weighted by molar-refractivity contribution is 7.98. The van der Waals surface area contributed by atoms with E-state index in [1.54, 1.807) is 7.11 Å². The number of aryl methyl sites for hydroxylation is 1. The van der Waals surface area contributed by atoms with Crippen molar-refractivity contribution in [3.63, 3.8) is 0 Å². The number of rotatable bonds is 9. The van der Waals surface area contributed by atoms with Crippen molar-refractivity contribution in [2.24, 2.45) is 0 Å². The minimum atomic E-state index is 1.06. The highest BCUT2D eigenvalue weighted by Gasteiger charge is 2.10. The van der Waals surface area contributed by atoms with Gasteiger partial charge in [0.05, 0.1) is 7.11 Å². The van der Waals surface area contributed by atoms with Crippen molar-refractivity contribution in [2.75, 3.05) is 18.6 Å². The maximum Gasteiger partial charge on any atom is 0.126 e. The molecule has 0 aliphatic carbocycles. The summed E-state index contributed by atoms with van der Waals surface area (Å²) in [5, 5.41) is 0. The monoisotopic (exact) mass is 298 g/mol. The summed E-state index contributed by atoms with van der Waals surface area (Å²) in [5.41, 5.74) is 4.06. The molecule has 0 bridgehead atoms. The van der Waals surface area contributed by atoms with Crippen LogP contribution in [0.25, 0.3) is 0 Å². The highest BCUT2D eigenvalue weighted by atomic mass is 32.2. The lowest BCUT2D eigenvalue weighted by Gasteiger charge is -2.15. The number of benzene rings is 1. The van der Waals surface area contributed by atoms with Gasteiger partial charge in [0.1, 0.15) is 5.75 Å². The van der Waals surface area contributed by atoms with Gasteiger partial charge in [-0.15, -0.1) is 0 Å². The molecule has 0 fully saturated rings. The fraction of sp³-hybridized carbons (Fsp3) is 0.625. The van der Waals surface area contributed by atoms with Gasteiger partial charge in [0.15, 0.2) is 0 Å². The Bertz CT molecular complexity index is 346. The summed E-state index contributed by atoms with van der Waals surface area (Å²) >= 11 is 3.99. The van der Waals surface area contributed by atoms with Gasteiger partial charge in [-0.1, -0.05) is 31.5 Å². The predicted octanol–water partition coefficient (Wildman–Crippen LogP) is 5.29. The molecule has 0 aliphatic rings. The molecule has 1 aromatic rings. The van der Waals surface area contributed by atoms with E-state index in [9.17, 15) is 0 Å². The largest absolute Gasteiger partial charge is 0.496 e. The first-order valence-corrected chi connectivity index (χ1v) is 9.35. The first kappa shape index (κ1) is 16.8. The Morgan fingerprint density at radius 3 is 1.79 bits per heavy atom. The second-order valence-electron chi connectivity index (χ2n) is 4.72. The van der Waals surface area contributed by atoms with Gasteiger partial charge in [0, 0.05) is 22.6 Å². The Hall–Kier alpha value is -0.280. The molecule has 0 heterocycles. The molecule has 0 spiro atoms. The lowest BCUT2D eigenvalue weighted by atomic mass is 10.1. The third kappa shape index (κ3) is 5.70.